The van der Waals surface area contributed by atoms with Crippen LogP contribution >= 0.6 is 0 Å². The Kier molecular flexibility index (Phi) is 7.62. The zero-order chi connectivity index (χ0) is 30.5. The molecule has 43 heavy (non-hydrogen) atoms. The number of amides is 1. The summed E-state index contributed by atoms with van der Waals surface area (Å²) >= 11 is 0. The predicted molar refractivity (Wildman–Crippen MR) is 146 cm³/mol. The molecule has 1 aliphatic heterocycles. The molecule has 1 saturated carbocycles. The average Bonchev–Trinajstić information content (AvgIpc) is 3.46. The zero-order valence-electron chi connectivity index (χ0n) is 23.0. The smallest absolute Gasteiger partial charge is 0.249 e. The average molecular weight is 618 g/mol. The predicted octanol–water partition coefficient (Wildman–Crippen LogP) is 4.66. The molecule has 2 aromatic heterocycles. The van der Waals surface area contributed by atoms with E-state index in [4.69, 9.17) is 0 Å². The Balaban J connectivity index is 1.33. The molecule has 0 radical (unpaired) electrons. The van der Waals surface area contributed by atoms with Gasteiger partial charge in [0.2, 0.25) is 15.9 Å². The lowest BCUT2D eigenvalue weighted by molar-refractivity contribution is -0.125. The lowest BCUT2D eigenvalue weighted by atomic mass is 9.87. The summed E-state index contributed by atoms with van der Waals surface area (Å²) < 4.78 is 85.2. The molecule has 15 heteroatoms. The van der Waals surface area contributed by atoms with Crippen molar-refractivity contribution in [2.45, 2.75) is 68.8 Å². The van der Waals surface area contributed by atoms with Gasteiger partial charge < -0.3 is 4.90 Å². The zero-order valence-corrected chi connectivity index (χ0v) is 23.8. The van der Waals surface area contributed by atoms with Crippen LogP contribution in [-0.2, 0) is 21.4 Å². The molecule has 0 spiro atoms. The summed E-state index contributed by atoms with van der Waals surface area (Å²) in [6, 6.07) is 3.37. The van der Waals surface area contributed by atoms with E-state index in [2.05, 4.69) is 25.4 Å². The highest BCUT2D eigenvalue weighted by Crippen LogP contribution is 2.36. The maximum absolute atomic E-state index is 14.7. The van der Waals surface area contributed by atoms with Gasteiger partial charge in [0, 0.05) is 29.9 Å². The maximum atomic E-state index is 14.7. The van der Waals surface area contributed by atoms with Crippen molar-refractivity contribution >= 4 is 32.7 Å². The summed E-state index contributed by atoms with van der Waals surface area (Å²) in [5, 5.41) is 10.5. The van der Waals surface area contributed by atoms with Gasteiger partial charge in [-0.25, -0.2) is 26.0 Å². The summed E-state index contributed by atoms with van der Waals surface area (Å²) in [6.45, 7) is 0.388. The number of hydrogen-bond acceptors (Lipinski definition) is 7. The fourth-order valence-electron chi connectivity index (χ4n) is 5.65. The first kappa shape index (κ1) is 29.1. The van der Waals surface area contributed by atoms with Crippen molar-refractivity contribution in [2.24, 2.45) is 0 Å². The number of nitrogens with zero attached hydrogens (tertiary/aromatic N) is 6. The standard InChI is InChI=1S/C28H27F4N7O3S/c1-15-23(29)25(31)27(26(32)24(15)30)43(41,42)39-10-9-22(39)28(40)38(18-7-8-19-20(11-18)36-37-35-19)14-17-12-34-21(13-33-17)16-5-3-2-4-6-16/h7-8,11-13,16,22H,2-6,9-10,14H2,1H3,(H,35,36,37)/t22-/m1/s1. The second-order valence-electron chi connectivity index (χ2n) is 10.8. The number of carbonyl (C=O) groups excluding carboxylic acids is 1. The number of fused-ring (bicyclic) bond motifs is 1. The number of H-pyrrole nitrogens is 1. The van der Waals surface area contributed by atoms with E-state index >= 15 is 0 Å². The number of hydrogen-bond donors (Lipinski definition) is 1. The summed E-state index contributed by atoms with van der Waals surface area (Å²) in [7, 11) is -5.15. The normalized spacial score (nSPS) is 18.1. The van der Waals surface area contributed by atoms with E-state index in [1.165, 1.54) is 11.3 Å². The minimum atomic E-state index is -5.15. The lowest BCUT2D eigenvalue weighted by Gasteiger charge is -2.41. The first-order valence-electron chi connectivity index (χ1n) is 13.8. The molecule has 2 aliphatic rings. The Morgan fingerprint density at radius 3 is 2.28 bits per heavy atom. The van der Waals surface area contributed by atoms with E-state index in [0.717, 1.165) is 38.3 Å². The van der Waals surface area contributed by atoms with E-state index in [0.29, 0.717) is 32.6 Å². The van der Waals surface area contributed by atoms with Crippen LogP contribution in [0, 0.1) is 30.2 Å². The monoisotopic (exact) mass is 617 g/mol. The highest BCUT2D eigenvalue weighted by molar-refractivity contribution is 7.89. The Labute approximate surface area is 244 Å². The Bertz CT molecular complexity index is 1780. The number of sulfonamides is 1. The molecule has 2 aromatic carbocycles. The summed E-state index contributed by atoms with van der Waals surface area (Å²) in [5.74, 6) is -8.15. The van der Waals surface area contributed by atoms with Crippen molar-refractivity contribution in [1.82, 2.24) is 29.7 Å². The van der Waals surface area contributed by atoms with Crippen molar-refractivity contribution in [3.63, 3.8) is 0 Å². The molecule has 2 fully saturated rings. The van der Waals surface area contributed by atoms with Crippen LogP contribution in [0.2, 0.25) is 0 Å². The highest BCUT2D eigenvalue weighted by atomic mass is 32.2. The van der Waals surface area contributed by atoms with Gasteiger partial charge >= 0.3 is 0 Å². The second kappa shape index (κ2) is 11.3. The van der Waals surface area contributed by atoms with E-state index in [1.807, 2.05) is 0 Å². The minimum Gasteiger partial charge on any atom is -0.305 e. The molecule has 1 saturated heterocycles. The molecule has 3 heterocycles. The molecule has 1 N–H and O–H groups in total. The molecule has 226 valence electrons. The topological polar surface area (TPSA) is 125 Å². The maximum Gasteiger partial charge on any atom is 0.249 e. The van der Waals surface area contributed by atoms with Crippen molar-refractivity contribution < 1.29 is 30.8 Å². The summed E-state index contributed by atoms with van der Waals surface area (Å²) in [5.41, 5.74) is 1.58. The number of aromatic nitrogens is 5. The van der Waals surface area contributed by atoms with E-state index < -0.39 is 55.7 Å². The van der Waals surface area contributed by atoms with Crippen LogP contribution in [0.3, 0.4) is 0 Å². The quantitative estimate of drug-likeness (QED) is 0.236. The molecule has 4 aromatic rings. The molecule has 1 aliphatic carbocycles. The third-order valence-corrected chi connectivity index (χ3v) is 10.1. The van der Waals surface area contributed by atoms with Gasteiger partial charge in [-0.1, -0.05) is 19.3 Å². The van der Waals surface area contributed by atoms with Gasteiger partial charge in [-0.05, 0) is 44.4 Å². The van der Waals surface area contributed by atoms with Crippen LogP contribution < -0.4 is 4.90 Å². The number of anilines is 1. The lowest BCUT2D eigenvalue weighted by Crippen LogP contribution is -2.59. The third kappa shape index (κ3) is 5.13. The largest absolute Gasteiger partial charge is 0.305 e. The van der Waals surface area contributed by atoms with Gasteiger partial charge in [0.25, 0.3) is 0 Å². The van der Waals surface area contributed by atoms with Gasteiger partial charge in [-0.3, -0.25) is 14.8 Å². The highest BCUT2D eigenvalue weighted by Gasteiger charge is 2.47. The van der Waals surface area contributed by atoms with E-state index in [9.17, 15) is 30.8 Å². The van der Waals surface area contributed by atoms with Crippen LogP contribution in [0.4, 0.5) is 23.2 Å². The first-order chi connectivity index (χ1) is 20.6. The second-order valence-corrected chi connectivity index (χ2v) is 12.6. The van der Waals surface area contributed by atoms with Gasteiger partial charge in [0.15, 0.2) is 28.2 Å². The van der Waals surface area contributed by atoms with Gasteiger partial charge in [0.1, 0.15) is 17.1 Å². The van der Waals surface area contributed by atoms with Crippen LogP contribution in [0.25, 0.3) is 11.0 Å². The number of carbonyl (C=O) groups is 1. The van der Waals surface area contributed by atoms with Crippen LogP contribution in [0.15, 0.2) is 35.5 Å². The van der Waals surface area contributed by atoms with Crippen molar-refractivity contribution in [2.75, 3.05) is 11.4 Å². The number of nitrogens with one attached hydrogen (secondary N) is 1. The SMILES string of the molecule is Cc1c(F)c(F)c(S(=O)(=O)N2CC[C@@H]2C(=O)N(Cc2cnc(C3CCCCC3)cn2)c2ccc3n[nH]nc3c2)c(F)c1F. The van der Waals surface area contributed by atoms with Crippen LogP contribution in [-0.4, -0.2) is 56.6 Å². The molecule has 1 amide bonds. The number of halogens is 4. The molecular formula is C28H27F4N7O3S. The van der Waals surface area contributed by atoms with E-state index in [1.54, 1.807) is 30.6 Å². The first-order valence-corrected chi connectivity index (χ1v) is 15.3. The molecule has 1 atom stereocenters. The fourth-order valence-corrected chi connectivity index (χ4v) is 7.40. The fraction of sp³-hybridized carbons (Fsp3) is 0.393. The summed E-state index contributed by atoms with van der Waals surface area (Å²) in [6.07, 6.45) is 8.74. The van der Waals surface area contributed by atoms with Gasteiger partial charge in [-0.2, -0.15) is 19.7 Å². The van der Waals surface area contributed by atoms with Crippen molar-refractivity contribution in [3.05, 3.63) is 70.8 Å². The Morgan fingerprint density at radius 2 is 1.65 bits per heavy atom. The number of aromatic amines is 1. The van der Waals surface area contributed by atoms with E-state index in [-0.39, 0.29) is 19.5 Å². The molecule has 10 nitrogen and oxygen atoms in total. The van der Waals surface area contributed by atoms with Crippen molar-refractivity contribution in [3.8, 4) is 0 Å². The molecule has 0 unspecified atom stereocenters. The van der Waals surface area contributed by atoms with Gasteiger partial charge in [0.05, 0.1) is 24.1 Å². The minimum absolute atomic E-state index is 0.00707. The number of benzene rings is 2. The Hall–Kier alpha value is -3.98. The molecule has 6 rings (SSSR count). The van der Waals surface area contributed by atoms with Crippen molar-refractivity contribution in [1.29, 1.82) is 0 Å². The number of rotatable bonds is 7. The van der Waals surface area contributed by atoms with Crippen LogP contribution in [0.1, 0.15) is 61.4 Å². The Morgan fingerprint density at radius 1 is 0.953 bits per heavy atom. The third-order valence-electron chi connectivity index (χ3n) is 8.21. The molecule has 0 bridgehead atoms. The summed E-state index contributed by atoms with van der Waals surface area (Å²) in [4.78, 5) is 22.6. The van der Waals surface area contributed by atoms with Crippen LogP contribution in [0.5, 0.6) is 0 Å². The van der Waals surface area contributed by atoms with Gasteiger partial charge in [-0.15, -0.1) is 0 Å². The molecular weight excluding hydrogens is 590 g/mol.